The molecule has 0 radical (unpaired) electrons. The molecule has 0 spiro atoms. The molecule has 0 saturated carbocycles. The molecule has 2 N–H and O–H groups in total. The number of benzene rings is 1. The summed E-state index contributed by atoms with van der Waals surface area (Å²) in [6, 6.07) is 4.71. The van der Waals surface area contributed by atoms with Crippen molar-refractivity contribution in [2.24, 2.45) is 5.92 Å². The number of carboxylic acid groups (broad SMARTS) is 1. The number of aliphatic hydroxyl groups excluding tert-OH is 1. The fraction of sp³-hybridized carbons (Fsp3) is 0.385. The molecule has 0 aliphatic carbocycles. The molecule has 5 nitrogen and oxygen atoms in total. The summed E-state index contributed by atoms with van der Waals surface area (Å²) in [7, 11) is 0. The summed E-state index contributed by atoms with van der Waals surface area (Å²) in [6.45, 7) is 2.25. The van der Waals surface area contributed by atoms with Crippen molar-refractivity contribution in [3.05, 3.63) is 29.3 Å². The number of aliphatic hydroxyl groups is 1. The summed E-state index contributed by atoms with van der Waals surface area (Å²) in [5.74, 6) is -1.09. The SMILES string of the molecule is CC(CO)CN1C(=O)Cc2ccc(C(=O)O)cc21. The van der Waals surface area contributed by atoms with Crippen LogP contribution in [0.1, 0.15) is 22.8 Å². The second-order valence-corrected chi connectivity index (χ2v) is 4.62. The third-order valence-electron chi connectivity index (χ3n) is 3.07. The first kappa shape index (κ1) is 12.6. The summed E-state index contributed by atoms with van der Waals surface area (Å²) in [4.78, 5) is 24.3. The van der Waals surface area contributed by atoms with Crippen LogP contribution in [0.3, 0.4) is 0 Å². The van der Waals surface area contributed by atoms with E-state index in [9.17, 15) is 9.59 Å². The Balaban J connectivity index is 2.33. The monoisotopic (exact) mass is 249 g/mol. The van der Waals surface area contributed by atoms with Crippen LogP contribution < -0.4 is 4.90 Å². The van der Waals surface area contributed by atoms with Crippen LogP contribution in [0, 0.1) is 5.92 Å². The summed E-state index contributed by atoms with van der Waals surface area (Å²) in [5, 5.41) is 18.0. The maximum atomic E-state index is 11.9. The predicted octanol–water partition coefficient (Wildman–Crippen LogP) is 0.902. The van der Waals surface area contributed by atoms with E-state index < -0.39 is 5.97 Å². The Bertz CT molecular complexity index is 498. The van der Waals surface area contributed by atoms with E-state index in [2.05, 4.69) is 0 Å². The standard InChI is InChI=1S/C13H15NO4/c1-8(7-15)6-14-11-4-10(13(17)18)3-2-9(11)5-12(14)16/h2-4,8,15H,5-7H2,1H3,(H,17,18). The summed E-state index contributed by atoms with van der Waals surface area (Å²) >= 11 is 0. The molecular formula is C13H15NO4. The lowest BCUT2D eigenvalue weighted by molar-refractivity contribution is -0.117. The van der Waals surface area contributed by atoms with Gasteiger partial charge < -0.3 is 15.1 Å². The first-order valence-corrected chi connectivity index (χ1v) is 5.80. The summed E-state index contributed by atoms with van der Waals surface area (Å²) < 4.78 is 0. The Morgan fingerprint density at radius 2 is 2.22 bits per heavy atom. The van der Waals surface area contributed by atoms with Crippen molar-refractivity contribution in [3.63, 3.8) is 0 Å². The first-order chi connectivity index (χ1) is 8.52. The van der Waals surface area contributed by atoms with Gasteiger partial charge in [-0.3, -0.25) is 4.79 Å². The minimum Gasteiger partial charge on any atom is -0.478 e. The smallest absolute Gasteiger partial charge is 0.335 e. The number of amides is 1. The average molecular weight is 249 g/mol. The highest BCUT2D eigenvalue weighted by molar-refractivity contribution is 6.03. The maximum Gasteiger partial charge on any atom is 0.335 e. The maximum absolute atomic E-state index is 11.9. The van der Waals surface area contributed by atoms with Crippen LogP contribution in [-0.4, -0.2) is 35.2 Å². The zero-order chi connectivity index (χ0) is 13.3. The van der Waals surface area contributed by atoms with E-state index in [0.717, 1.165) is 5.56 Å². The van der Waals surface area contributed by atoms with Gasteiger partial charge in [-0.05, 0) is 23.6 Å². The minimum atomic E-state index is -1.01. The Morgan fingerprint density at radius 1 is 1.50 bits per heavy atom. The number of anilines is 1. The van der Waals surface area contributed by atoms with E-state index in [0.29, 0.717) is 18.7 Å². The average Bonchev–Trinajstić information content (AvgIpc) is 2.65. The van der Waals surface area contributed by atoms with Gasteiger partial charge in [-0.1, -0.05) is 13.0 Å². The molecule has 0 fully saturated rings. The van der Waals surface area contributed by atoms with Gasteiger partial charge >= 0.3 is 5.97 Å². The molecule has 1 aliphatic heterocycles. The molecule has 1 heterocycles. The van der Waals surface area contributed by atoms with E-state index >= 15 is 0 Å². The number of carbonyl (C=O) groups excluding carboxylic acids is 1. The molecule has 0 bridgehead atoms. The number of rotatable bonds is 4. The fourth-order valence-corrected chi connectivity index (χ4v) is 2.06. The lowest BCUT2D eigenvalue weighted by Crippen LogP contribution is -2.32. The molecule has 96 valence electrons. The highest BCUT2D eigenvalue weighted by Crippen LogP contribution is 2.30. The van der Waals surface area contributed by atoms with Gasteiger partial charge in [0.05, 0.1) is 12.0 Å². The Morgan fingerprint density at radius 3 is 2.83 bits per heavy atom. The van der Waals surface area contributed by atoms with Crippen LogP contribution in [0.4, 0.5) is 5.69 Å². The van der Waals surface area contributed by atoms with Gasteiger partial charge in [0.15, 0.2) is 0 Å². The quantitative estimate of drug-likeness (QED) is 0.831. The topological polar surface area (TPSA) is 77.8 Å². The lowest BCUT2D eigenvalue weighted by Gasteiger charge is -2.21. The third kappa shape index (κ3) is 2.22. The minimum absolute atomic E-state index is 0.00225. The predicted molar refractivity (Wildman–Crippen MR) is 65.7 cm³/mol. The molecule has 1 amide bonds. The highest BCUT2D eigenvalue weighted by Gasteiger charge is 2.28. The molecule has 1 aliphatic rings. The summed E-state index contributed by atoms with van der Waals surface area (Å²) in [5.41, 5.74) is 1.67. The van der Waals surface area contributed by atoms with E-state index in [-0.39, 0.29) is 24.0 Å². The summed E-state index contributed by atoms with van der Waals surface area (Å²) in [6.07, 6.45) is 0.299. The van der Waals surface area contributed by atoms with Crippen LogP contribution in [0.15, 0.2) is 18.2 Å². The number of fused-ring (bicyclic) bond motifs is 1. The van der Waals surface area contributed by atoms with Crippen molar-refractivity contribution in [1.29, 1.82) is 0 Å². The Labute approximate surface area is 105 Å². The molecule has 2 rings (SSSR count). The molecule has 5 heteroatoms. The molecule has 0 saturated heterocycles. The number of hydrogen-bond donors (Lipinski definition) is 2. The fourth-order valence-electron chi connectivity index (χ4n) is 2.06. The van der Waals surface area contributed by atoms with Crippen molar-refractivity contribution in [2.75, 3.05) is 18.1 Å². The number of carbonyl (C=O) groups is 2. The number of aromatic carboxylic acids is 1. The van der Waals surface area contributed by atoms with Crippen LogP contribution in [0.25, 0.3) is 0 Å². The van der Waals surface area contributed by atoms with Crippen LogP contribution >= 0.6 is 0 Å². The molecule has 18 heavy (non-hydrogen) atoms. The van der Waals surface area contributed by atoms with E-state index in [1.54, 1.807) is 11.0 Å². The molecule has 1 aromatic carbocycles. The Hall–Kier alpha value is -1.88. The highest BCUT2D eigenvalue weighted by atomic mass is 16.4. The van der Waals surface area contributed by atoms with Gasteiger partial charge in [0.2, 0.25) is 5.91 Å². The first-order valence-electron chi connectivity index (χ1n) is 5.80. The van der Waals surface area contributed by atoms with Gasteiger partial charge in [0, 0.05) is 18.8 Å². The van der Waals surface area contributed by atoms with E-state index in [4.69, 9.17) is 10.2 Å². The largest absolute Gasteiger partial charge is 0.478 e. The normalized spacial score (nSPS) is 15.7. The van der Waals surface area contributed by atoms with Gasteiger partial charge in [0.1, 0.15) is 0 Å². The number of hydrogen-bond acceptors (Lipinski definition) is 3. The molecule has 1 aromatic rings. The van der Waals surface area contributed by atoms with Gasteiger partial charge in [-0.15, -0.1) is 0 Å². The van der Waals surface area contributed by atoms with Crippen LogP contribution in [0.2, 0.25) is 0 Å². The number of nitrogens with zero attached hydrogens (tertiary/aromatic N) is 1. The molecule has 0 aromatic heterocycles. The second kappa shape index (κ2) is 4.78. The van der Waals surface area contributed by atoms with E-state index in [1.807, 2.05) is 6.92 Å². The molecule has 1 atom stereocenters. The van der Waals surface area contributed by atoms with Crippen molar-refractivity contribution < 1.29 is 19.8 Å². The van der Waals surface area contributed by atoms with Crippen molar-refractivity contribution in [3.8, 4) is 0 Å². The van der Waals surface area contributed by atoms with Crippen LogP contribution in [-0.2, 0) is 11.2 Å². The molecular weight excluding hydrogens is 234 g/mol. The second-order valence-electron chi connectivity index (χ2n) is 4.62. The van der Waals surface area contributed by atoms with Crippen molar-refractivity contribution in [2.45, 2.75) is 13.3 Å². The van der Waals surface area contributed by atoms with Gasteiger partial charge in [-0.25, -0.2) is 4.79 Å². The zero-order valence-corrected chi connectivity index (χ0v) is 10.1. The van der Waals surface area contributed by atoms with E-state index in [1.165, 1.54) is 12.1 Å². The third-order valence-corrected chi connectivity index (χ3v) is 3.07. The zero-order valence-electron chi connectivity index (χ0n) is 10.1. The Kier molecular flexibility index (Phi) is 3.34. The van der Waals surface area contributed by atoms with Crippen LogP contribution in [0.5, 0.6) is 0 Å². The lowest BCUT2D eigenvalue weighted by atomic mass is 10.1. The van der Waals surface area contributed by atoms with Gasteiger partial charge in [-0.2, -0.15) is 0 Å². The molecule has 1 unspecified atom stereocenters. The van der Waals surface area contributed by atoms with Gasteiger partial charge in [0.25, 0.3) is 0 Å². The number of carboxylic acids is 1. The van der Waals surface area contributed by atoms with Crippen molar-refractivity contribution >= 4 is 17.6 Å². The van der Waals surface area contributed by atoms with Crippen molar-refractivity contribution in [1.82, 2.24) is 0 Å².